The van der Waals surface area contributed by atoms with Crippen molar-refractivity contribution in [1.82, 2.24) is 14.4 Å². The van der Waals surface area contributed by atoms with Gasteiger partial charge < -0.3 is 19.1 Å². The maximum Gasteiger partial charge on any atom is 0.271 e. The first-order chi connectivity index (χ1) is 15.4. The minimum absolute atomic E-state index is 0.0103. The molecule has 6 rings (SSSR count). The highest BCUT2D eigenvalue weighted by Gasteiger charge is 2.65. The van der Waals surface area contributed by atoms with E-state index in [2.05, 4.69) is 19.1 Å². The number of para-hydroxylation sites is 1. The Morgan fingerprint density at radius 2 is 1.88 bits per heavy atom. The fourth-order valence-electron chi connectivity index (χ4n) is 6.25. The average molecular weight is 430 g/mol. The molecule has 3 aliphatic heterocycles. The number of aromatic nitrogens is 1. The van der Waals surface area contributed by atoms with Gasteiger partial charge in [0.1, 0.15) is 11.8 Å². The van der Waals surface area contributed by atoms with E-state index in [9.17, 15) is 9.59 Å². The van der Waals surface area contributed by atoms with Crippen LogP contribution >= 0.6 is 0 Å². The largest absolute Gasteiger partial charge is 0.343 e. The maximum absolute atomic E-state index is 13.9. The van der Waals surface area contributed by atoms with Gasteiger partial charge in [-0.2, -0.15) is 0 Å². The third-order valence-corrected chi connectivity index (χ3v) is 7.73. The number of rotatable bonds is 2. The van der Waals surface area contributed by atoms with Crippen LogP contribution in [0.15, 0.2) is 48.5 Å². The molecule has 4 heterocycles. The fraction of sp³-hybridized carbons (Fsp3) is 0.385. The number of hydrogen-bond donors (Lipinski definition) is 0. The van der Waals surface area contributed by atoms with Crippen molar-refractivity contribution in [2.24, 2.45) is 7.05 Å². The van der Waals surface area contributed by atoms with Crippen molar-refractivity contribution in [2.75, 3.05) is 13.1 Å². The molecule has 0 bridgehead atoms. The molecular weight excluding hydrogens is 402 g/mol. The van der Waals surface area contributed by atoms with Gasteiger partial charge in [0, 0.05) is 25.4 Å². The lowest BCUT2D eigenvalue weighted by Crippen LogP contribution is -2.49. The Kier molecular flexibility index (Phi) is 4.09. The Morgan fingerprint density at radius 3 is 2.62 bits per heavy atom. The molecule has 164 valence electrons. The molecule has 3 saturated heterocycles. The van der Waals surface area contributed by atoms with Crippen LogP contribution in [-0.4, -0.2) is 51.0 Å². The summed E-state index contributed by atoms with van der Waals surface area (Å²) in [6, 6.07) is 16.0. The van der Waals surface area contributed by atoms with E-state index >= 15 is 0 Å². The number of hydrogen-bond acceptors (Lipinski definition) is 3. The molecule has 6 heteroatoms. The number of likely N-dealkylation sites (tertiary alicyclic amines) is 1. The lowest BCUT2D eigenvalue weighted by Gasteiger charge is -2.32. The molecule has 1 spiro atoms. The van der Waals surface area contributed by atoms with E-state index in [1.54, 1.807) is 0 Å². The Morgan fingerprint density at radius 1 is 1.09 bits per heavy atom. The number of nitrogens with zero attached hydrogens (tertiary/aromatic N) is 3. The van der Waals surface area contributed by atoms with E-state index in [0.717, 1.165) is 27.6 Å². The molecule has 0 saturated carbocycles. The van der Waals surface area contributed by atoms with Crippen LogP contribution < -0.4 is 0 Å². The third kappa shape index (κ3) is 2.44. The Labute approximate surface area is 187 Å². The molecule has 0 aliphatic carbocycles. The van der Waals surface area contributed by atoms with Crippen LogP contribution in [0.3, 0.4) is 0 Å². The van der Waals surface area contributed by atoms with Crippen molar-refractivity contribution in [3.63, 3.8) is 0 Å². The standard InChI is InChI=1S/C26H27N3O3/c1-16-8-7-11-19-17(2)24(27(3)23(16)19)25(31)28-13-12-26-21(28)14-22(30)29(26)15-20(32-26)18-9-5-4-6-10-18/h4-11,20-21H,12-15H2,1-3H3/t20-,21+,26-/m0/s1. The molecule has 0 unspecified atom stereocenters. The van der Waals surface area contributed by atoms with Crippen molar-refractivity contribution in [2.45, 2.75) is 44.6 Å². The van der Waals surface area contributed by atoms with E-state index < -0.39 is 5.72 Å². The number of ether oxygens (including phenoxy) is 1. The molecule has 3 atom stereocenters. The molecule has 3 fully saturated rings. The normalized spacial score (nSPS) is 26.8. The SMILES string of the molecule is Cc1c(C(=O)N2CC[C@@]34O[C@H](c5ccccc5)CN3C(=O)C[C@@H]24)n(C)c2c(C)cccc12. The first-order valence-electron chi connectivity index (χ1n) is 11.3. The molecule has 6 nitrogen and oxygen atoms in total. The van der Waals surface area contributed by atoms with Crippen LogP contribution in [0.2, 0.25) is 0 Å². The zero-order valence-corrected chi connectivity index (χ0v) is 18.7. The van der Waals surface area contributed by atoms with Crippen LogP contribution in [0.5, 0.6) is 0 Å². The molecule has 1 aromatic heterocycles. The first kappa shape index (κ1) is 19.6. The smallest absolute Gasteiger partial charge is 0.271 e. The molecule has 3 aromatic rings. The van der Waals surface area contributed by atoms with Gasteiger partial charge in [0.15, 0.2) is 5.72 Å². The van der Waals surface area contributed by atoms with Gasteiger partial charge in [-0.05, 0) is 30.5 Å². The van der Waals surface area contributed by atoms with E-state index in [-0.39, 0.29) is 24.0 Å². The van der Waals surface area contributed by atoms with E-state index in [0.29, 0.717) is 31.6 Å². The molecule has 0 radical (unpaired) electrons. The second-order valence-corrected chi connectivity index (χ2v) is 9.34. The zero-order chi connectivity index (χ0) is 22.2. The summed E-state index contributed by atoms with van der Waals surface area (Å²) < 4.78 is 8.63. The van der Waals surface area contributed by atoms with Gasteiger partial charge in [0.25, 0.3) is 5.91 Å². The summed E-state index contributed by atoms with van der Waals surface area (Å²) in [4.78, 5) is 30.6. The van der Waals surface area contributed by atoms with Crippen molar-refractivity contribution < 1.29 is 14.3 Å². The number of benzene rings is 2. The highest BCUT2D eigenvalue weighted by molar-refractivity contribution is 6.03. The second kappa shape index (κ2) is 6.69. The number of fused-ring (bicyclic) bond motifs is 1. The Hall–Kier alpha value is -3.12. The first-order valence-corrected chi connectivity index (χ1v) is 11.3. The van der Waals surface area contributed by atoms with Crippen molar-refractivity contribution >= 4 is 22.7 Å². The van der Waals surface area contributed by atoms with Crippen LogP contribution in [0.1, 0.15) is 46.1 Å². The second-order valence-electron chi connectivity index (χ2n) is 9.34. The number of carbonyl (C=O) groups is 2. The van der Waals surface area contributed by atoms with Crippen LogP contribution in [0.4, 0.5) is 0 Å². The van der Waals surface area contributed by atoms with Gasteiger partial charge in [0.2, 0.25) is 5.91 Å². The van der Waals surface area contributed by atoms with Crippen LogP contribution in [0.25, 0.3) is 10.9 Å². The molecule has 0 N–H and O–H groups in total. The predicted molar refractivity (Wildman–Crippen MR) is 121 cm³/mol. The molecular formula is C26H27N3O3. The van der Waals surface area contributed by atoms with E-state index in [1.165, 1.54) is 0 Å². The summed E-state index contributed by atoms with van der Waals surface area (Å²) in [5.41, 5.74) is 4.31. The lowest BCUT2D eigenvalue weighted by atomic mass is 10.1. The topological polar surface area (TPSA) is 54.8 Å². The van der Waals surface area contributed by atoms with Crippen molar-refractivity contribution in [3.8, 4) is 0 Å². The van der Waals surface area contributed by atoms with E-state index in [1.807, 2.05) is 64.7 Å². The summed E-state index contributed by atoms with van der Waals surface area (Å²) in [5, 5.41) is 1.11. The fourth-order valence-corrected chi connectivity index (χ4v) is 6.25. The van der Waals surface area contributed by atoms with Gasteiger partial charge in [-0.1, -0.05) is 48.5 Å². The molecule has 32 heavy (non-hydrogen) atoms. The minimum atomic E-state index is -0.707. The van der Waals surface area contributed by atoms with Gasteiger partial charge in [-0.15, -0.1) is 0 Å². The van der Waals surface area contributed by atoms with Gasteiger partial charge in [0.05, 0.1) is 24.5 Å². The highest BCUT2D eigenvalue weighted by atomic mass is 16.5. The minimum Gasteiger partial charge on any atom is -0.343 e. The Bertz CT molecular complexity index is 1260. The third-order valence-electron chi connectivity index (χ3n) is 7.73. The van der Waals surface area contributed by atoms with Crippen LogP contribution in [0, 0.1) is 13.8 Å². The summed E-state index contributed by atoms with van der Waals surface area (Å²) in [6.07, 6.45) is 0.829. The molecule has 3 aliphatic rings. The monoisotopic (exact) mass is 429 g/mol. The lowest BCUT2D eigenvalue weighted by molar-refractivity contribution is -0.138. The highest BCUT2D eigenvalue weighted by Crippen LogP contribution is 2.51. The number of aryl methyl sites for hydroxylation is 3. The van der Waals surface area contributed by atoms with Gasteiger partial charge in [-0.3, -0.25) is 9.59 Å². The molecule has 2 aromatic carbocycles. The molecule has 2 amide bonds. The van der Waals surface area contributed by atoms with Gasteiger partial charge >= 0.3 is 0 Å². The maximum atomic E-state index is 13.9. The summed E-state index contributed by atoms with van der Waals surface area (Å²) in [6.45, 7) is 5.23. The Balaban J connectivity index is 1.37. The van der Waals surface area contributed by atoms with Gasteiger partial charge in [-0.25, -0.2) is 0 Å². The van der Waals surface area contributed by atoms with E-state index in [4.69, 9.17) is 4.74 Å². The summed E-state index contributed by atoms with van der Waals surface area (Å²) >= 11 is 0. The summed E-state index contributed by atoms with van der Waals surface area (Å²) in [5.74, 6) is 0.0689. The quantitative estimate of drug-likeness (QED) is 0.624. The van der Waals surface area contributed by atoms with Crippen LogP contribution in [-0.2, 0) is 16.6 Å². The zero-order valence-electron chi connectivity index (χ0n) is 18.7. The average Bonchev–Trinajstić information content (AvgIpc) is 3.48. The van der Waals surface area contributed by atoms with Crippen molar-refractivity contribution in [3.05, 3.63) is 70.9 Å². The number of carbonyl (C=O) groups excluding carboxylic acids is 2. The van der Waals surface area contributed by atoms with Crippen molar-refractivity contribution in [1.29, 1.82) is 0 Å². The predicted octanol–water partition coefficient (Wildman–Crippen LogP) is 3.71. The number of amides is 2. The summed E-state index contributed by atoms with van der Waals surface area (Å²) in [7, 11) is 1.96.